The van der Waals surface area contributed by atoms with Crippen LogP contribution in [-0.2, 0) is 4.79 Å². The van der Waals surface area contributed by atoms with Crippen molar-refractivity contribution in [2.45, 2.75) is 55.0 Å². The van der Waals surface area contributed by atoms with E-state index in [1.165, 1.54) is 38.2 Å². The first-order chi connectivity index (χ1) is 18.1. The molecule has 37 heavy (non-hydrogen) atoms. The molecule has 1 aromatic heterocycles. The summed E-state index contributed by atoms with van der Waals surface area (Å²) in [7, 11) is 0. The number of rotatable bonds is 6. The summed E-state index contributed by atoms with van der Waals surface area (Å²) in [5, 5.41) is 1.27. The molecule has 2 saturated heterocycles. The minimum Gasteiger partial charge on any atom is -0.366 e. The number of likely N-dealkylation sites (tertiary alicyclic amines) is 1. The Morgan fingerprint density at radius 3 is 2.54 bits per heavy atom. The second-order valence-electron chi connectivity index (χ2n) is 10.8. The number of piperazine rings is 1. The fourth-order valence-corrected chi connectivity index (χ4v) is 7.52. The predicted molar refractivity (Wildman–Crippen MR) is 147 cm³/mol. The number of para-hydroxylation sites is 3. The highest BCUT2D eigenvalue weighted by molar-refractivity contribution is 7.99. The van der Waals surface area contributed by atoms with Crippen molar-refractivity contribution >= 4 is 34.4 Å². The number of imidazole rings is 1. The number of amides is 1. The first kappa shape index (κ1) is 24.7. The molecule has 8 heteroatoms. The lowest BCUT2D eigenvalue weighted by molar-refractivity contribution is -0.136. The highest BCUT2D eigenvalue weighted by Gasteiger charge is 2.41. The number of aromatic nitrogens is 2. The van der Waals surface area contributed by atoms with Gasteiger partial charge in [0.1, 0.15) is 5.82 Å². The van der Waals surface area contributed by atoms with Crippen LogP contribution in [0.25, 0.3) is 11.0 Å². The van der Waals surface area contributed by atoms with Crippen molar-refractivity contribution in [3.63, 3.8) is 0 Å². The molecule has 2 aromatic carbocycles. The molecule has 6 rings (SSSR count). The Hall–Kier alpha value is -2.58. The van der Waals surface area contributed by atoms with Gasteiger partial charge in [0, 0.05) is 44.5 Å². The molecule has 3 fully saturated rings. The summed E-state index contributed by atoms with van der Waals surface area (Å²) < 4.78 is 14.3. The number of benzene rings is 2. The van der Waals surface area contributed by atoms with Crippen molar-refractivity contribution in [2.24, 2.45) is 5.92 Å². The Kier molecular flexibility index (Phi) is 7.38. The lowest BCUT2D eigenvalue weighted by Crippen LogP contribution is -2.54. The fraction of sp³-hybridized carbons (Fsp3) is 0.517. The Morgan fingerprint density at radius 2 is 1.76 bits per heavy atom. The SMILES string of the molecule is O=C([C@@H]1C[C@@H](Sc2nc3ccccc3[nH]2)CN1CC1CCCCC1)N1CCN(c2ccccc2F)CC1. The summed E-state index contributed by atoms with van der Waals surface area (Å²) in [5.74, 6) is 0.746. The quantitative estimate of drug-likeness (QED) is 0.485. The maximum atomic E-state index is 14.3. The number of aromatic amines is 1. The van der Waals surface area contributed by atoms with E-state index in [0.29, 0.717) is 43.0 Å². The standard InChI is InChI=1S/C29H36FN5OS/c30-23-10-4-7-13-26(23)33-14-16-34(17-15-33)28(36)27-18-22(20-35(27)19-21-8-2-1-3-9-21)37-29-31-24-11-5-6-12-25(24)32-29/h4-7,10-13,21-22,27H,1-3,8-9,14-20H2,(H,31,32)/t22-,27+/m1/s1. The van der Waals surface area contributed by atoms with Gasteiger partial charge in [0.2, 0.25) is 5.91 Å². The maximum absolute atomic E-state index is 14.3. The zero-order valence-electron chi connectivity index (χ0n) is 21.3. The van der Waals surface area contributed by atoms with Crippen LogP contribution in [0.1, 0.15) is 38.5 Å². The average Bonchev–Trinajstić information content (AvgIpc) is 3.52. The molecule has 1 N–H and O–H groups in total. The fourth-order valence-electron chi connectivity index (χ4n) is 6.34. The number of thioether (sulfide) groups is 1. The summed E-state index contributed by atoms with van der Waals surface area (Å²) in [4.78, 5) is 28.6. The number of hydrogen-bond donors (Lipinski definition) is 1. The number of fused-ring (bicyclic) bond motifs is 1. The van der Waals surface area contributed by atoms with Crippen molar-refractivity contribution in [3.8, 4) is 0 Å². The van der Waals surface area contributed by atoms with Crippen molar-refractivity contribution in [1.82, 2.24) is 19.8 Å². The molecule has 3 heterocycles. The molecule has 0 bridgehead atoms. The van der Waals surface area contributed by atoms with Crippen molar-refractivity contribution in [3.05, 3.63) is 54.3 Å². The third-order valence-electron chi connectivity index (χ3n) is 8.30. The third-order valence-corrected chi connectivity index (χ3v) is 9.39. The normalized spacial score (nSPS) is 23.7. The number of anilines is 1. The molecule has 1 aliphatic carbocycles. The van der Waals surface area contributed by atoms with E-state index in [4.69, 9.17) is 4.98 Å². The van der Waals surface area contributed by atoms with Gasteiger partial charge in [0.15, 0.2) is 5.16 Å². The minimum atomic E-state index is -0.192. The van der Waals surface area contributed by atoms with Crippen molar-refractivity contribution < 1.29 is 9.18 Å². The molecular weight excluding hydrogens is 485 g/mol. The van der Waals surface area contributed by atoms with Gasteiger partial charge in [-0.2, -0.15) is 0 Å². The Balaban J connectivity index is 1.13. The zero-order chi connectivity index (χ0) is 25.2. The van der Waals surface area contributed by atoms with Crippen LogP contribution in [0.5, 0.6) is 0 Å². The number of nitrogens with zero attached hydrogens (tertiary/aromatic N) is 4. The first-order valence-corrected chi connectivity index (χ1v) is 14.7. The van der Waals surface area contributed by atoms with Gasteiger partial charge in [-0.3, -0.25) is 9.69 Å². The molecule has 6 nitrogen and oxygen atoms in total. The molecule has 2 atom stereocenters. The summed E-state index contributed by atoms with van der Waals surface area (Å²) in [5.41, 5.74) is 2.68. The number of nitrogens with one attached hydrogen (secondary N) is 1. The second-order valence-corrected chi connectivity index (χ2v) is 12.1. The van der Waals surface area contributed by atoms with Gasteiger partial charge in [0.05, 0.1) is 22.8 Å². The molecular formula is C29H36FN5OS. The van der Waals surface area contributed by atoms with Crippen LogP contribution in [0.2, 0.25) is 0 Å². The Bertz CT molecular complexity index is 1190. The van der Waals surface area contributed by atoms with Gasteiger partial charge >= 0.3 is 0 Å². The molecule has 2 aliphatic heterocycles. The van der Waals surface area contributed by atoms with E-state index in [2.05, 4.69) is 20.9 Å². The van der Waals surface area contributed by atoms with Gasteiger partial charge in [-0.25, -0.2) is 9.37 Å². The molecule has 1 amide bonds. The number of carbonyl (C=O) groups is 1. The summed E-state index contributed by atoms with van der Waals surface area (Å²) in [6, 6.07) is 15.0. The van der Waals surface area contributed by atoms with E-state index in [9.17, 15) is 9.18 Å². The van der Waals surface area contributed by atoms with Crippen molar-refractivity contribution in [2.75, 3.05) is 44.2 Å². The van der Waals surface area contributed by atoms with Crippen LogP contribution in [0.3, 0.4) is 0 Å². The van der Waals surface area contributed by atoms with Crippen LogP contribution in [0, 0.1) is 11.7 Å². The Morgan fingerprint density at radius 1 is 1.00 bits per heavy atom. The Labute approximate surface area is 222 Å². The lowest BCUT2D eigenvalue weighted by atomic mass is 9.89. The molecule has 0 unspecified atom stereocenters. The average molecular weight is 522 g/mol. The summed E-state index contributed by atoms with van der Waals surface area (Å²) in [6.07, 6.45) is 7.37. The number of H-pyrrole nitrogens is 1. The van der Waals surface area contributed by atoms with Gasteiger partial charge in [-0.05, 0) is 49.4 Å². The molecule has 1 saturated carbocycles. The highest BCUT2D eigenvalue weighted by atomic mass is 32.2. The van der Waals surface area contributed by atoms with Crippen LogP contribution in [0.15, 0.2) is 53.7 Å². The van der Waals surface area contributed by atoms with Crippen LogP contribution in [-0.4, -0.2) is 76.2 Å². The van der Waals surface area contributed by atoms with E-state index in [1.54, 1.807) is 17.8 Å². The molecule has 3 aromatic rings. The molecule has 0 radical (unpaired) electrons. The summed E-state index contributed by atoms with van der Waals surface area (Å²) in [6.45, 7) is 4.55. The second kappa shape index (κ2) is 11.0. The van der Waals surface area contributed by atoms with Crippen LogP contribution in [0.4, 0.5) is 10.1 Å². The van der Waals surface area contributed by atoms with Crippen LogP contribution >= 0.6 is 11.8 Å². The van der Waals surface area contributed by atoms with E-state index in [-0.39, 0.29) is 17.8 Å². The van der Waals surface area contributed by atoms with Gasteiger partial charge < -0.3 is 14.8 Å². The number of halogens is 1. The van der Waals surface area contributed by atoms with Gasteiger partial charge in [-0.15, -0.1) is 0 Å². The smallest absolute Gasteiger partial charge is 0.240 e. The van der Waals surface area contributed by atoms with Gasteiger partial charge in [0.25, 0.3) is 0 Å². The molecule has 196 valence electrons. The van der Waals surface area contributed by atoms with E-state index in [1.807, 2.05) is 35.2 Å². The number of carbonyl (C=O) groups excluding carboxylic acids is 1. The van der Waals surface area contributed by atoms with E-state index < -0.39 is 0 Å². The largest absolute Gasteiger partial charge is 0.366 e. The van der Waals surface area contributed by atoms with Gasteiger partial charge in [-0.1, -0.05) is 55.3 Å². The third kappa shape index (κ3) is 5.50. The maximum Gasteiger partial charge on any atom is 0.240 e. The topological polar surface area (TPSA) is 55.5 Å². The molecule has 0 spiro atoms. The number of hydrogen-bond acceptors (Lipinski definition) is 5. The molecule has 3 aliphatic rings. The van der Waals surface area contributed by atoms with Crippen molar-refractivity contribution in [1.29, 1.82) is 0 Å². The summed E-state index contributed by atoms with van der Waals surface area (Å²) >= 11 is 1.78. The van der Waals surface area contributed by atoms with Crippen LogP contribution < -0.4 is 4.90 Å². The monoisotopic (exact) mass is 521 g/mol. The van der Waals surface area contributed by atoms with E-state index in [0.717, 1.165) is 35.7 Å². The first-order valence-electron chi connectivity index (χ1n) is 13.8. The lowest BCUT2D eigenvalue weighted by Gasteiger charge is -2.39. The highest BCUT2D eigenvalue weighted by Crippen LogP contribution is 2.35. The predicted octanol–water partition coefficient (Wildman–Crippen LogP) is 5.17. The van der Waals surface area contributed by atoms with E-state index >= 15 is 0 Å². The zero-order valence-corrected chi connectivity index (χ0v) is 22.1. The minimum absolute atomic E-state index is 0.0798.